The third-order valence-electron chi connectivity index (χ3n) is 1.38. The average Bonchev–Trinajstić information content (AvgIpc) is 2.21. The number of para-hydroxylation sites is 1. The summed E-state index contributed by atoms with van der Waals surface area (Å²) in [5, 5.41) is 1.02. The van der Waals surface area contributed by atoms with Crippen molar-refractivity contribution in [3.05, 3.63) is 42.6 Å². The van der Waals surface area contributed by atoms with E-state index in [0.717, 1.165) is 10.9 Å². The zero-order valence-electron chi connectivity index (χ0n) is 7.33. The molecule has 1 heteroatoms. The zero-order chi connectivity index (χ0) is 8.81. The Morgan fingerprint density at radius 2 is 1.92 bits per heavy atom. The van der Waals surface area contributed by atoms with Gasteiger partial charge in [-0.3, -0.25) is 0 Å². The van der Waals surface area contributed by atoms with Gasteiger partial charge in [0, 0.05) is 0 Å². The van der Waals surface area contributed by atoms with Gasteiger partial charge in [0.2, 0.25) is 0 Å². The van der Waals surface area contributed by atoms with Crippen LogP contribution >= 0.6 is 0 Å². The lowest BCUT2D eigenvalue weighted by atomic mass is 10.2. The van der Waals surface area contributed by atoms with Crippen molar-refractivity contribution < 1.29 is 0 Å². The van der Waals surface area contributed by atoms with Gasteiger partial charge in [-0.1, -0.05) is 32.0 Å². The van der Waals surface area contributed by atoms with E-state index in [0.29, 0.717) is 0 Å². The molecule has 0 fully saturated rings. The molecule has 60 valence electrons. The van der Waals surface area contributed by atoms with Gasteiger partial charge in [-0.2, -0.15) is 0 Å². The number of nitrogens with zero attached hydrogens (tertiary/aromatic N) is 1. The van der Waals surface area contributed by atoms with Gasteiger partial charge in [-0.15, -0.1) is 0 Å². The largest absolute Gasteiger partial charge is 0.247 e. The molecule has 2 aromatic rings. The second-order valence-corrected chi connectivity index (χ2v) is 2.04. The van der Waals surface area contributed by atoms with Gasteiger partial charge in [0.1, 0.15) is 0 Å². The minimum atomic E-state index is 0.973. The molecule has 0 amide bonds. The monoisotopic (exact) mass is 157 g/mol. The van der Waals surface area contributed by atoms with E-state index in [4.69, 9.17) is 0 Å². The second kappa shape index (κ2) is 4.35. The Kier molecular flexibility index (Phi) is 3.10. The fourth-order valence-electron chi connectivity index (χ4n) is 0.904. The molecule has 0 aliphatic rings. The summed E-state index contributed by atoms with van der Waals surface area (Å²) < 4.78 is 0. The Morgan fingerprint density at radius 3 is 2.67 bits per heavy atom. The Hall–Kier alpha value is -1.55. The predicted octanol–water partition coefficient (Wildman–Crippen LogP) is 2.86. The van der Waals surface area contributed by atoms with Crippen molar-refractivity contribution in [2.75, 3.05) is 0 Å². The maximum Gasteiger partial charge on any atom is 0.0793 e. The van der Waals surface area contributed by atoms with E-state index < -0.39 is 0 Å². The number of rotatable bonds is 0. The molecule has 0 aliphatic carbocycles. The van der Waals surface area contributed by atoms with E-state index in [2.05, 4.69) is 17.1 Å². The summed E-state index contributed by atoms with van der Waals surface area (Å²) in [6, 6.07) is 13.6. The predicted molar refractivity (Wildman–Crippen MR) is 50.8 cm³/mol. The molecule has 12 heavy (non-hydrogen) atoms. The first-order chi connectivity index (χ1) is 5.97. The lowest BCUT2D eigenvalue weighted by Gasteiger charge is -1.87. The van der Waals surface area contributed by atoms with Gasteiger partial charge >= 0.3 is 0 Å². The summed E-state index contributed by atoms with van der Waals surface area (Å²) >= 11 is 0. The first-order valence-corrected chi connectivity index (χ1v) is 4.10. The van der Waals surface area contributed by atoms with Crippen molar-refractivity contribution >= 4 is 10.9 Å². The van der Waals surface area contributed by atoms with Crippen LogP contribution in [0.5, 0.6) is 0 Å². The van der Waals surface area contributed by atoms with Crippen LogP contribution in [0.15, 0.2) is 30.5 Å². The molecule has 0 spiro atoms. The Balaban J connectivity index is 0.000000336. The topological polar surface area (TPSA) is 12.9 Å². The lowest BCUT2D eigenvalue weighted by molar-refractivity contribution is 1.42. The molecule has 1 heterocycles. The van der Waals surface area contributed by atoms with E-state index in [9.17, 15) is 0 Å². The number of fused-ring (bicyclic) bond motifs is 1. The molecule has 0 N–H and O–H groups in total. The zero-order valence-corrected chi connectivity index (χ0v) is 7.33. The number of benzene rings is 1. The maximum atomic E-state index is 4.09. The van der Waals surface area contributed by atoms with Crippen LogP contribution in [0.3, 0.4) is 0 Å². The summed E-state index contributed by atoms with van der Waals surface area (Å²) in [6.07, 6.45) is 1.63. The molecule has 2 rings (SSSR count). The van der Waals surface area contributed by atoms with Crippen LogP contribution in [-0.2, 0) is 0 Å². The van der Waals surface area contributed by atoms with Crippen LogP contribution in [0.4, 0.5) is 0 Å². The molecule has 0 aliphatic heterocycles. The highest BCUT2D eigenvalue weighted by atomic mass is 14.6. The van der Waals surface area contributed by atoms with Crippen molar-refractivity contribution in [2.45, 2.75) is 13.8 Å². The normalized spacial score (nSPS) is 8.17. The van der Waals surface area contributed by atoms with Crippen molar-refractivity contribution in [3.63, 3.8) is 0 Å². The minimum absolute atomic E-state index is 0.973. The maximum absolute atomic E-state index is 4.09. The highest BCUT2D eigenvalue weighted by Crippen LogP contribution is 2.04. The van der Waals surface area contributed by atoms with Crippen molar-refractivity contribution in [1.82, 2.24) is 4.98 Å². The van der Waals surface area contributed by atoms with Crippen LogP contribution < -0.4 is 0 Å². The van der Waals surface area contributed by atoms with E-state index in [1.54, 1.807) is 6.20 Å². The fourth-order valence-corrected chi connectivity index (χ4v) is 0.904. The molecule has 0 saturated heterocycles. The molecule has 1 aromatic carbocycles. The quantitative estimate of drug-likeness (QED) is 0.573. The average molecular weight is 157 g/mol. The molecule has 0 bridgehead atoms. The van der Waals surface area contributed by atoms with Gasteiger partial charge in [0.25, 0.3) is 0 Å². The number of hydrogen-bond acceptors (Lipinski definition) is 1. The lowest BCUT2D eigenvalue weighted by Crippen LogP contribution is -1.71. The summed E-state index contributed by atoms with van der Waals surface area (Å²) in [7, 11) is 0. The SMILES string of the molecule is CC.c1cnc2ccccc2c#1. The van der Waals surface area contributed by atoms with E-state index in [1.165, 1.54) is 0 Å². The van der Waals surface area contributed by atoms with Crippen molar-refractivity contribution in [3.8, 4) is 0 Å². The molecule has 0 radical (unpaired) electrons. The van der Waals surface area contributed by atoms with Gasteiger partial charge < -0.3 is 0 Å². The summed E-state index contributed by atoms with van der Waals surface area (Å²) in [6.45, 7) is 4.00. The van der Waals surface area contributed by atoms with Crippen molar-refractivity contribution in [2.24, 2.45) is 0 Å². The van der Waals surface area contributed by atoms with Crippen LogP contribution in [0, 0.1) is 12.1 Å². The van der Waals surface area contributed by atoms with E-state index >= 15 is 0 Å². The summed E-state index contributed by atoms with van der Waals surface area (Å²) in [5.74, 6) is 0. The third kappa shape index (κ3) is 1.73. The van der Waals surface area contributed by atoms with Gasteiger partial charge in [-0.05, 0) is 18.2 Å². The van der Waals surface area contributed by atoms with Gasteiger partial charge in [0.05, 0.1) is 17.1 Å². The molecule has 0 saturated carbocycles. The van der Waals surface area contributed by atoms with Crippen molar-refractivity contribution in [1.29, 1.82) is 0 Å². The molecular weight excluding hydrogens is 146 g/mol. The molecule has 1 nitrogen and oxygen atoms in total. The fraction of sp³-hybridized carbons (Fsp3) is 0.182. The Bertz CT molecular complexity index is 276. The second-order valence-electron chi connectivity index (χ2n) is 2.04. The number of hydrogen-bond donors (Lipinski definition) is 0. The summed E-state index contributed by atoms with van der Waals surface area (Å²) in [5.41, 5.74) is 0.973. The Labute approximate surface area is 73.1 Å². The summed E-state index contributed by atoms with van der Waals surface area (Å²) in [4.78, 5) is 4.09. The minimum Gasteiger partial charge on any atom is -0.247 e. The van der Waals surface area contributed by atoms with E-state index in [1.807, 2.05) is 38.1 Å². The first kappa shape index (κ1) is 8.55. The molecular formula is C11H11N. The number of aromatic nitrogens is 1. The van der Waals surface area contributed by atoms with Crippen LogP contribution in [-0.4, -0.2) is 4.98 Å². The van der Waals surface area contributed by atoms with Crippen LogP contribution in [0.25, 0.3) is 10.9 Å². The molecule has 0 unspecified atom stereocenters. The van der Waals surface area contributed by atoms with Crippen LogP contribution in [0.1, 0.15) is 13.8 Å². The highest BCUT2D eigenvalue weighted by Gasteiger charge is 1.85. The highest BCUT2D eigenvalue weighted by molar-refractivity contribution is 5.75. The molecule has 1 aromatic heterocycles. The van der Waals surface area contributed by atoms with Gasteiger partial charge in [-0.25, -0.2) is 4.98 Å². The van der Waals surface area contributed by atoms with E-state index in [-0.39, 0.29) is 0 Å². The van der Waals surface area contributed by atoms with Crippen LogP contribution in [0.2, 0.25) is 0 Å². The smallest absolute Gasteiger partial charge is 0.0793 e. The Morgan fingerprint density at radius 1 is 1.17 bits per heavy atom. The third-order valence-corrected chi connectivity index (χ3v) is 1.38. The van der Waals surface area contributed by atoms with Gasteiger partial charge in [0.15, 0.2) is 0 Å². The first-order valence-electron chi connectivity index (χ1n) is 4.10. The molecule has 0 atom stereocenters. The standard InChI is InChI=1S/C9H5N.C2H6/c1-2-6-9-8(4-1)5-3-7-10-9;1-2/h1-2,4,6-7H;1-2H3.